The van der Waals surface area contributed by atoms with E-state index in [0.29, 0.717) is 17.1 Å². The number of methoxy groups -OCH3 is 1. The minimum Gasteiger partial charge on any atom is -0.493 e. The zero-order valence-corrected chi connectivity index (χ0v) is 13.0. The van der Waals surface area contributed by atoms with Crippen LogP contribution in [0.1, 0.15) is 18.1 Å². The van der Waals surface area contributed by atoms with Crippen LogP contribution in [0.15, 0.2) is 42.5 Å². The fraction of sp³-hybridized carbons (Fsp3) is 0.222. The number of ether oxygens (including phenoxy) is 3. The van der Waals surface area contributed by atoms with Gasteiger partial charge >= 0.3 is 5.97 Å². The topological polar surface area (TPSA) is 68.5 Å². The molecule has 0 bridgehead atoms. The van der Waals surface area contributed by atoms with Crippen LogP contribution in [-0.4, -0.2) is 19.7 Å². The van der Waals surface area contributed by atoms with Crippen LogP contribution in [0.4, 0.5) is 0 Å². The third-order valence-electron chi connectivity index (χ3n) is 3.20. The molecule has 0 spiro atoms. The molecule has 23 heavy (non-hydrogen) atoms. The minimum absolute atomic E-state index is 0.214. The quantitative estimate of drug-likeness (QED) is 0.605. The van der Waals surface area contributed by atoms with Gasteiger partial charge in [0.25, 0.3) is 0 Å². The molecule has 0 saturated heterocycles. The van der Waals surface area contributed by atoms with E-state index in [1.165, 1.54) is 24.8 Å². The summed E-state index contributed by atoms with van der Waals surface area (Å²) in [6.07, 6.45) is 0.945. The van der Waals surface area contributed by atoms with Gasteiger partial charge in [-0.05, 0) is 36.2 Å². The van der Waals surface area contributed by atoms with Crippen LogP contribution in [0.2, 0.25) is 0 Å². The van der Waals surface area contributed by atoms with E-state index in [0.717, 1.165) is 6.42 Å². The Labute approximate surface area is 135 Å². The van der Waals surface area contributed by atoms with Crippen molar-refractivity contribution in [1.29, 1.82) is 5.26 Å². The molecule has 2 aromatic rings. The normalized spacial score (nSPS) is 9.78. The molecule has 0 amide bonds. The Balaban J connectivity index is 1.95. The molecule has 0 radical (unpaired) electrons. The van der Waals surface area contributed by atoms with E-state index in [-0.39, 0.29) is 12.4 Å². The lowest BCUT2D eigenvalue weighted by Crippen LogP contribution is -2.18. The van der Waals surface area contributed by atoms with Gasteiger partial charge in [-0.3, -0.25) is 0 Å². The van der Waals surface area contributed by atoms with Crippen LogP contribution >= 0.6 is 0 Å². The average molecular weight is 311 g/mol. The van der Waals surface area contributed by atoms with Crippen molar-refractivity contribution < 1.29 is 19.0 Å². The number of carbonyl (C=O) groups excluding carboxylic acids is 1. The maximum absolute atomic E-state index is 11.9. The molecule has 0 aliphatic rings. The lowest BCUT2D eigenvalue weighted by Gasteiger charge is -2.10. The first-order chi connectivity index (χ1) is 11.2. The van der Waals surface area contributed by atoms with Crippen molar-refractivity contribution in [3.8, 4) is 23.3 Å². The fourth-order valence-electron chi connectivity index (χ4n) is 1.94. The SMILES string of the molecule is CCc1ccc(OCC(=O)Oc2ccc(C#N)cc2OC)cc1. The first-order valence-electron chi connectivity index (χ1n) is 7.16. The van der Waals surface area contributed by atoms with Crippen molar-refractivity contribution in [3.63, 3.8) is 0 Å². The number of esters is 1. The van der Waals surface area contributed by atoms with E-state index in [2.05, 4.69) is 6.92 Å². The fourth-order valence-corrected chi connectivity index (χ4v) is 1.94. The lowest BCUT2D eigenvalue weighted by atomic mass is 10.2. The van der Waals surface area contributed by atoms with E-state index in [1.54, 1.807) is 6.07 Å². The first kappa shape index (κ1) is 16.4. The molecule has 2 rings (SSSR count). The van der Waals surface area contributed by atoms with Crippen LogP contribution in [0.3, 0.4) is 0 Å². The number of nitrogens with zero attached hydrogens (tertiary/aromatic N) is 1. The summed E-state index contributed by atoms with van der Waals surface area (Å²) in [6.45, 7) is 1.85. The number of hydrogen-bond donors (Lipinski definition) is 0. The van der Waals surface area contributed by atoms with Gasteiger partial charge in [-0.2, -0.15) is 5.26 Å². The molecule has 2 aromatic carbocycles. The molecule has 0 unspecified atom stereocenters. The lowest BCUT2D eigenvalue weighted by molar-refractivity contribution is -0.136. The largest absolute Gasteiger partial charge is 0.493 e. The van der Waals surface area contributed by atoms with Crippen LogP contribution in [0.25, 0.3) is 0 Å². The molecule has 0 aromatic heterocycles. The Morgan fingerprint density at radius 3 is 2.48 bits per heavy atom. The summed E-state index contributed by atoms with van der Waals surface area (Å²) < 4.78 is 15.7. The van der Waals surface area contributed by atoms with Gasteiger partial charge in [0.05, 0.1) is 18.7 Å². The van der Waals surface area contributed by atoms with Crippen LogP contribution < -0.4 is 14.2 Å². The van der Waals surface area contributed by atoms with Gasteiger partial charge in [0, 0.05) is 6.07 Å². The van der Waals surface area contributed by atoms with E-state index >= 15 is 0 Å². The van der Waals surface area contributed by atoms with Gasteiger partial charge in [0.2, 0.25) is 0 Å². The first-order valence-corrected chi connectivity index (χ1v) is 7.16. The minimum atomic E-state index is -0.549. The second kappa shape index (κ2) is 7.85. The van der Waals surface area contributed by atoms with Crippen molar-refractivity contribution in [1.82, 2.24) is 0 Å². The third kappa shape index (κ3) is 4.48. The second-order valence-electron chi connectivity index (χ2n) is 4.74. The van der Waals surface area contributed by atoms with Crippen LogP contribution in [0.5, 0.6) is 17.2 Å². The van der Waals surface area contributed by atoms with E-state index < -0.39 is 5.97 Å². The second-order valence-corrected chi connectivity index (χ2v) is 4.74. The summed E-state index contributed by atoms with van der Waals surface area (Å²) in [5.74, 6) is 0.629. The number of aryl methyl sites for hydroxylation is 1. The van der Waals surface area contributed by atoms with Crippen LogP contribution in [-0.2, 0) is 11.2 Å². The molecular weight excluding hydrogens is 294 g/mol. The van der Waals surface area contributed by atoms with E-state index in [1.807, 2.05) is 30.3 Å². The summed E-state index contributed by atoms with van der Waals surface area (Å²) in [4.78, 5) is 11.9. The van der Waals surface area contributed by atoms with Gasteiger partial charge in [-0.15, -0.1) is 0 Å². The van der Waals surface area contributed by atoms with E-state index in [4.69, 9.17) is 19.5 Å². The summed E-state index contributed by atoms with van der Waals surface area (Å²) in [5, 5.41) is 8.84. The van der Waals surface area contributed by atoms with Crippen molar-refractivity contribution >= 4 is 5.97 Å². The summed E-state index contributed by atoms with van der Waals surface area (Å²) in [5.41, 5.74) is 1.62. The zero-order chi connectivity index (χ0) is 16.7. The molecule has 5 heteroatoms. The average Bonchev–Trinajstić information content (AvgIpc) is 2.60. The smallest absolute Gasteiger partial charge is 0.349 e. The number of hydrogen-bond acceptors (Lipinski definition) is 5. The highest BCUT2D eigenvalue weighted by atomic mass is 16.6. The molecule has 118 valence electrons. The Bertz CT molecular complexity index is 717. The molecule has 0 fully saturated rings. The van der Waals surface area contributed by atoms with Gasteiger partial charge in [0.1, 0.15) is 5.75 Å². The van der Waals surface area contributed by atoms with Crippen molar-refractivity contribution in [2.75, 3.05) is 13.7 Å². The highest BCUT2D eigenvalue weighted by Crippen LogP contribution is 2.28. The number of benzene rings is 2. The highest BCUT2D eigenvalue weighted by molar-refractivity contribution is 5.75. The zero-order valence-electron chi connectivity index (χ0n) is 13.0. The third-order valence-corrected chi connectivity index (χ3v) is 3.20. The Kier molecular flexibility index (Phi) is 5.59. The Hall–Kier alpha value is -3.00. The maximum atomic E-state index is 11.9. The Morgan fingerprint density at radius 2 is 1.87 bits per heavy atom. The summed E-state index contributed by atoms with van der Waals surface area (Å²) in [7, 11) is 1.44. The van der Waals surface area contributed by atoms with E-state index in [9.17, 15) is 4.79 Å². The molecule has 0 aliphatic carbocycles. The molecule has 0 heterocycles. The Morgan fingerprint density at radius 1 is 1.13 bits per heavy atom. The van der Waals surface area contributed by atoms with Crippen molar-refractivity contribution in [2.24, 2.45) is 0 Å². The van der Waals surface area contributed by atoms with Crippen molar-refractivity contribution in [3.05, 3.63) is 53.6 Å². The highest BCUT2D eigenvalue weighted by Gasteiger charge is 2.11. The predicted molar refractivity (Wildman–Crippen MR) is 84.7 cm³/mol. The summed E-state index contributed by atoms with van der Waals surface area (Å²) in [6, 6.07) is 14.1. The van der Waals surface area contributed by atoms with Gasteiger partial charge in [0.15, 0.2) is 18.1 Å². The van der Waals surface area contributed by atoms with Gasteiger partial charge in [-0.25, -0.2) is 4.79 Å². The molecule has 0 atom stereocenters. The van der Waals surface area contributed by atoms with Gasteiger partial charge < -0.3 is 14.2 Å². The summed E-state index contributed by atoms with van der Waals surface area (Å²) >= 11 is 0. The van der Waals surface area contributed by atoms with Gasteiger partial charge in [-0.1, -0.05) is 19.1 Å². The molecule has 0 aliphatic heterocycles. The standard InChI is InChI=1S/C18H17NO4/c1-3-13-4-7-15(8-5-13)22-12-18(20)23-16-9-6-14(11-19)10-17(16)21-2/h4-10H,3,12H2,1-2H3. The number of rotatable bonds is 6. The molecule has 0 N–H and O–H groups in total. The van der Waals surface area contributed by atoms with Crippen molar-refractivity contribution in [2.45, 2.75) is 13.3 Å². The molecular formula is C18H17NO4. The monoisotopic (exact) mass is 311 g/mol. The van der Waals surface area contributed by atoms with Crippen LogP contribution in [0, 0.1) is 11.3 Å². The molecule has 5 nitrogen and oxygen atoms in total. The molecule has 0 saturated carbocycles. The maximum Gasteiger partial charge on any atom is 0.349 e. The predicted octanol–water partition coefficient (Wildman–Crippen LogP) is 3.11. The number of nitriles is 1. The number of carbonyl (C=O) groups is 1.